The summed E-state index contributed by atoms with van der Waals surface area (Å²) in [5.41, 5.74) is 0. The molecule has 0 amide bonds. The zero-order valence-corrected chi connectivity index (χ0v) is 26.5. The van der Waals surface area contributed by atoms with Gasteiger partial charge in [0.2, 0.25) is 0 Å². The maximum atomic E-state index is 12.4. The van der Waals surface area contributed by atoms with Gasteiger partial charge in [-0.25, -0.2) is 0 Å². The second-order valence-corrected chi connectivity index (χ2v) is 11.5. The first kappa shape index (κ1) is 37.7. The van der Waals surface area contributed by atoms with Gasteiger partial charge in [0.25, 0.3) is 0 Å². The average Bonchev–Trinajstić information content (AvgIpc) is 2.93. The lowest BCUT2D eigenvalue weighted by atomic mass is 10.0. The predicted molar refractivity (Wildman–Crippen MR) is 167 cm³/mol. The summed E-state index contributed by atoms with van der Waals surface area (Å²) in [7, 11) is 0. The minimum Gasteiger partial charge on any atom is -0.462 e. The van der Waals surface area contributed by atoms with Crippen LogP contribution in [0, 0.1) is 0 Å². The lowest BCUT2D eigenvalue weighted by Crippen LogP contribution is -2.18. The van der Waals surface area contributed by atoms with E-state index in [0.717, 1.165) is 44.9 Å². The fourth-order valence-corrected chi connectivity index (χ4v) is 4.97. The first-order chi connectivity index (χ1) is 19.1. The van der Waals surface area contributed by atoms with Gasteiger partial charge in [-0.3, -0.25) is 9.59 Å². The van der Waals surface area contributed by atoms with Crippen LogP contribution in [-0.4, -0.2) is 24.6 Å². The SMILES string of the molecule is CCCCCC/C=C\COC(=O)CCCCCCCCCCCC(=O)OC(CCCCCC)CCCCCC. The fourth-order valence-electron chi connectivity index (χ4n) is 4.97. The van der Waals surface area contributed by atoms with E-state index < -0.39 is 0 Å². The first-order valence-electron chi connectivity index (χ1n) is 17.1. The molecule has 0 N–H and O–H groups in total. The molecule has 4 nitrogen and oxygen atoms in total. The minimum absolute atomic E-state index is 0.0166. The molecule has 0 saturated carbocycles. The Morgan fingerprint density at radius 1 is 0.513 bits per heavy atom. The van der Waals surface area contributed by atoms with Crippen molar-refractivity contribution in [3.8, 4) is 0 Å². The Morgan fingerprint density at radius 3 is 1.46 bits per heavy atom. The predicted octanol–water partition coefficient (Wildman–Crippen LogP) is 11.2. The topological polar surface area (TPSA) is 52.6 Å². The van der Waals surface area contributed by atoms with Gasteiger partial charge in [-0.05, 0) is 51.4 Å². The Labute approximate surface area is 243 Å². The van der Waals surface area contributed by atoms with Gasteiger partial charge in [-0.15, -0.1) is 0 Å². The molecular formula is C35H66O4. The molecule has 0 radical (unpaired) electrons. The number of unbranched alkanes of at least 4 members (excludes halogenated alkanes) is 18. The van der Waals surface area contributed by atoms with Gasteiger partial charge in [-0.2, -0.15) is 0 Å². The van der Waals surface area contributed by atoms with Crippen molar-refractivity contribution in [2.45, 2.75) is 194 Å². The van der Waals surface area contributed by atoms with Crippen molar-refractivity contribution < 1.29 is 19.1 Å². The molecule has 0 fully saturated rings. The smallest absolute Gasteiger partial charge is 0.306 e. The second kappa shape index (κ2) is 31.2. The number of hydrogen-bond donors (Lipinski definition) is 0. The maximum Gasteiger partial charge on any atom is 0.306 e. The van der Waals surface area contributed by atoms with Crippen LogP contribution in [0.5, 0.6) is 0 Å². The Kier molecular flexibility index (Phi) is 30.2. The number of hydrogen-bond acceptors (Lipinski definition) is 4. The van der Waals surface area contributed by atoms with E-state index in [1.807, 2.05) is 6.08 Å². The normalized spacial score (nSPS) is 11.5. The number of esters is 2. The Balaban J connectivity index is 3.64. The van der Waals surface area contributed by atoms with E-state index in [1.54, 1.807) is 0 Å². The van der Waals surface area contributed by atoms with E-state index in [1.165, 1.54) is 109 Å². The zero-order valence-electron chi connectivity index (χ0n) is 26.5. The minimum atomic E-state index is -0.0662. The summed E-state index contributed by atoms with van der Waals surface area (Å²) in [6.07, 6.45) is 33.7. The van der Waals surface area contributed by atoms with E-state index >= 15 is 0 Å². The third kappa shape index (κ3) is 29.5. The third-order valence-electron chi connectivity index (χ3n) is 7.55. The van der Waals surface area contributed by atoms with Crippen LogP contribution in [0.4, 0.5) is 0 Å². The Bertz CT molecular complexity index is 545. The van der Waals surface area contributed by atoms with Gasteiger partial charge in [0.1, 0.15) is 12.7 Å². The van der Waals surface area contributed by atoms with Crippen LogP contribution in [0.2, 0.25) is 0 Å². The Hall–Kier alpha value is -1.32. The van der Waals surface area contributed by atoms with Gasteiger partial charge in [0.05, 0.1) is 0 Å². The van der Waals surface area contributed by atoms with Gasteiger partial charge < -0.3 is 9.47 Å². The van der Waals surface area contributed by atoms with Gasteiger partial charge in [-0.1, -0.05) is 136 Å². The maximum absolute atomic E-state index is 12.4. The molecule has 0 saturated heterocycles. The van der Waals surface area contributed by atoms with Crippen LogP contribution in [0.25, 0.3) is 0 Å². The fraction of sp³-hybridized carbons (Fsp3) is 0.886. The van der Waals surface area contributed by atoms with Crippen molar-refractivity contribution in [3.05, 3.63) is 12.2 Å². The number of ether oxygens (including phenoxy) is 2. The molecule has 0 unspecified atom stereocenters. The van der Waals surface area contributed by atoms with Crippen LogP contribution in [0.1, 0.15) is 188 Å². The van der Waals surface area contributed by atoms with Crippen LogP contribution < -0.4 is 0 Å². The van der Waals surface area contributed by atoms with Crippen molar-refractivity contribution in [3.63, 3.8) is 0 Å². The van der Waals surface area contributed by atoms with Crippen molar-refractivity contribution in [1.82, 2.24) is 0 Å². The summed E-state index contributed by atoms with van der Waals surface area (Å²) in [6.45, 7) is 7.12. The summed E-state index contributed by atoms with van der Waals surface area (Å²) < 4.78 is 11.2. The summed E-state index contributed by atoms with van der Waals surface area (Å²) in [5.74, 6) is -0.0496. The molecule has 0 aliphatic rings. The van der Waals surface area contributed by atoms with Crippen LogP contribution >= 0.6 is 0 Å². The van der Waals surface area contributed by atoms with Crippen molar-refractivity contribution >= 4 is 11.9 Å². The number of allylic oxidation sites excluding steroid dienone is 1. The van der Waals surface area contributed by atoms with Crippen molar-refractivity contribution in [2.75, 3.05) is 6.61 Å². The molecule has 0 aliphatic carbocycles. The largest absolute Gasteiger partial charge is 0.462 e. The molecule has 0 bridgehead atoms. The number of carbonyl (C=O) groups excluding carboxylic acids is 2. The quantitative estimate of drug-likeness (QED) is 0.0507. The van der Waals surface area contributed by atoms with Gasteiger partial charge in [0, 0.05) is 12.8 Å². The van der Waals surface area contributed by atoms with E-state index in [4.69, 9.17) is 9.47 Å². The molecule has 0 aliphatic heterocycles. The molecule has 0 spiro atoms. The van der Waals surface area contributed by atoms with E-state index in [2.05, 4.69) is 26.8 Å². The average molecular weight is 551 g/mol. The van der Waals surface area contributed by atoms with Crippen LogP contribution in [0.15, 0.2) is 12.2 Å². The van der Waals surface area contributed by atoms with Gasteiger partial charge in [0.15, 0.2) is 0 Å². The van der Waals surface area contributed by atoms with Crippen molar-refractivity contribution in [2.24, 2.45) is 0 Å². The molecular weight excluding hydrogens is 484 g/mol. The lowest BCUT2D eigenvalue weighted by Gasteiger charge is -2.18. The molecule has 230 valence electrons. The molecule has 0 atom stereocenters. The lowest BCUT2D eigenvalue weighted by molar-refractivity contribution is -0.150. The summed E-state index contributed by atoms with van der Waals surface area (Å²) in [5, 5.41) is 0. The summed E-state index contributed by atoms with van der Waals surface area (Å²) in [6, 6.07) is 0. The van der Waals surface area contributed by atoms with Gasteiger partial charge >= 0.3 is 11.9 Å². The molecule has 0 aromatic carbocycles. The first-order valence-corrected chi connectivity index (χ1v) is 17.1. The summed E-state index contributed by atoms with van der Waals surface area (Å²) in [4.78, 5) is 24.2. The second-order valence-electron chi connectivity index (χ2n) is 11.5. The number of carbonyl (C=O) groups is 2. The Morgan fingerprint density at radius 2 is 0.949 bits per heavy atom. The molecule has 0 heterocycles. The highest BCUT2D eigenvalue weighted by atomic mass is 16.5. The number of rotatable bonds is 30. The molecule has 0 rings (SSSR count). The monoisotopic (exact) mass is 550 g/mol. The highest BCUT2D eigenvalue weighted by Crippen LogP contribution is 2.17. The molecule has 4 heteroatoms. The summed E-state index contributed by atoms with van der Waals surface area (Å²) >= 11 is 0. The van der Waals surface area contributed by atoms with Crippen LogP contribution in [0.3, 0.4) is 0 Å². The third-order valence-corrected chi connectivity index (χ3v) is 7.55. The highest BCUT2D eigenvalue weighted by molar-refractivity contribution is 5.69. The zero-order chi connectivity index (χ0) is 28.7. The van der Waals surface area contributed by atoms with E-state index in [0.29, 0.717) is 19.4 Å². The van der Waals surface area contributed by atoms with E-state index in [-0.39, 0.29) is 18.0 Å². The molecule has 39 heavy (non-hydrogen) atoms. The van der Waals surface area contributed by atoms with E-state index in [9.17, 15) is 9.59 Å². The van der Waals surface area contributed by atoms with Crippen molar-refractivity contribution in [1.29, 1.82) is 0 Å². The molecule has 0 aromatic rings. The molecule has 0 aromatic heterocycles. The standard InChI is InChI=1S/C35H66O4/c1-4-7-10-13-19-22-27-32-38-34(36)30-25-20-17-15-14-16-18-21-26-31-35(37)39-33(28-23-11-8-5-2)29-24-12-9-6-3/h22,27,33H,4-21,23-26,28-32H2,1-3H3/b27-22-. The highest BCUT2D eigenvalue weighted by Gasteiger charge is 2.14. The van der Waals surface area contributed by atoms with Crippen LogP contribution in [-0.2, 0) is 19.1 Å².